The predicted molar refractivity (Wildman–Crippen MR) is 73.5 cm³/mol. The molecule has 5 nitrogen and oxygen atoms in total. The summed E-state index contributed by atoms with van der Waals surface area (Å²) in [5.74, 6) is -7.50. The highest BCUT2D eigenvalue weighted by Gasteiger charge is 2.29. The molecule has 128 valence electrons. The van der Waals surface area contributed by atoms with Crippen LogP contribution in [0.4, 0.5) is 17.6 Å². The molecule has 0 spiro atoms. The van der Waals surface area contributed by atoms with Crippen molar-refractivity contribution >= 4 is 22.4 Å². The van der Waals surface area contributed by atoms with Gasteiger partial charge in [-0.2, -0.15) is 0 Å². The molecule has 1 aromatic rings. The third-order valence-electron chi connectivity index (χ3n) is 2.42. The molecule has 1 aromatic carbocycles. The Balaban J connectivity index is 0.00000441. The number of ether oxygens (including phenoxy) is 1. The number of rotatable bonds is 8. The Hall–Kier alpha value is -0.940. The van der Waals surface area contributed by atoms with Crippen molar-refractivity contribution in [2.75, 3.05) is 33.4 Å². The maximum Gasteiger partial charge on any atom is 0.246 e. The third kappa shape index (κ3) is 5.36. The van der Waals surface area contributed by atoms with Crippen LogP contribution in [0.3, 0.4) is 0 Å². The largest absolute Gasteiger partial charge is 0.383 e. The highest BCUT2D eigenvalue weighted by molar-refractivity contribution is 7.89. The Morgan fingerprint density at radius 3 is 2.09 bits per heavy atom. The molecule has 0 saturated carbocycles. The Kier molecular flexibility index (Phi) is 8.86. The molecule has 0 radical (unpaired) electrons. The van der Waals surface area contributed by atoms with Gasteiger partial charge in [0.1, 0.15) is 0 Å². The van der Waals surface area contributed by atoms with Crippen LogP contribution in [0, 0.1) is 23.3 Å². The Morgan fingerprint density at radius 2 is 1.59 bits per heavy atom. The number of nitrogens with one attached hydrogen (secondary N) is 2. The molecule has 11 heteroatoms. The van der Waals surface area contributed by atoms with Gasteiger partial charge in [-0.1, -0.05) is 0 Å². The highest BCUT2D eigenvalue weighted by atomic mass is 35.5. The van der Waals surface area contributed by atoms with Gasteiger partial charge in [-0.25, -0.2) is 30.7 Å². The summed E-state index contributed by atoms with van der Waals surface area (Å²) in [5.41, 5.74) is 0. The van der Waals surface area contributed by atoms with E-state index in [1.54, 1.807) is 0 Å². The molecule has 0 aromatic heterocycles. The van der Waals surface area contributed by atoms with E-state index in [1.165, 1.54) is 7.11 Å². The quantitative estimate of drug-likeness (QED) is 0.412. The topological polar surface area (TPSA) is 67.4 Å². The molecule has 0 bridgehead atoms. The highest BCUT2D eigenvalue weighted by Crippen LogP contribution is 2.23. The Labute approximate surface area is 131 Å². The van der Waals surface area contributed by atoms with E-state index in [2.05, 4.69) is 5.32 Å². The van der Waals surface area contributed by atoms with Gasteiger partial charge in [0.25, 0.3) is 0 Å². The number of benzene rings is 1. The van der Waals surface area contributed by atoms with E-state index >= 15 is 0 Å². The minimum atomic E-state index is -4.71. The second-order valence-electron chi connectivity index (χ2n) is 3.94. The van der Waals surface area contributed by atoms with Crippen molar-refractivity contribution in [3.05, 3.63) is 29.3 Å². The lowest BCUT2D eigenvalue weighted by Crippen LogP contribution is -2.34. The Morgan fingerprint density at radius 1 is 1.05 bits per heavy atom. The summed E-state index contributed by atoms with van der Waals surface area (Å²) in [6.07, 6.45) is 0. The van der Waals surface area contributed by atoms with Gasteiger partial charge in [0.15, 0.2) is 28.2 Å². The van der Waals surface area contributed by atoms with Gasteiger partial charge in [0.05, 0.1) is 6.61 Å². The zero-order valence-corrected chi connectivity index (χ0v) is 13.1. The standard InChI is InChI=1S/C11H14F4N2O3S.ClH/c1-20-5-4-16-2-3-17-21(18,19)11-9(14)7(12)6-8(13)10(11)15;/h6,16-17H,2-5H2,1H3;1H. The smallest absolute Gasteiger partial charge is 0.246 e. The lowest BCUT2D eigenvalue weighted by molar-refractivity contribution is 0.199. The molecular weight excluding hydrogens is 352 g/mol. The van der Waals surface area contributed by atoms with E-state index in [9.17, 15) is 26.0 Å². The summed E-state index contributed by atoms with van der Waals surface area (Å²) < 4.78 is 82.7. The molecule has 0 fully saturated rings. The molecule has 0 amide bonds. The first-order chi connectivity index (χ1) is 9.81. The summed E-state index contributed by atoms with van der Waals surface area (Å²) in [5, 5.41) is 2.77. The number of hydrogen-bond acceptors (Lipinski definition) is 4. The molecule has 0 unspecified atom stereocenters. The summed E-state index contributed by atoms with van der Waals surface area (Å²) in [6, 6.07) is -0.0595. The van der Waals surface area contributed by atoms with Gasteiger partial charge in [0.2, 0.25) is 10.0 Å². The lowest BCUT2D eigenvalue weighted by atomic mass is 10.3. The average Bonchev–Trinajstić information content (AvgIpc) is 2.40. The zero-order chi connectivity index (χ0) is 16.0. The number of sulfonamides is 1. The van der Waals surface area contributed by atoms with Gasteiger partial charge in [-0.15, -0.1) is 12.4 Å². The average molecular weight is 367 g/mol. The van der Waals surface area contributed by atoms with Crippen LogP contribution in [-0.4, -0.2) is 41.8 Å². The fourth-order valence-electron chi connectivity index (χ4n) is 1.43. The third-order valence-corrected chi connectivity index (χ3v) is 3.90. The van der Waals surface area contributed by atoms with Crippen LogP contribution in [0.25, 0.3) is 0 Å². The molecule has 0 atom stereocenters. The fourth-order valence-corrected chi connectivity index (χ4v) is 2.61. The summed E-state index contributed by atoms with van der Waals surface area (Å²) in [4.78, 5) is -1.67. The van der Waals surface area contributed by atoms with Crippen LogP contribution < -0.4 is 10.0 Å². The molecule has 0 aliphatic heterocycles. The van der Waals surface area contributed by atoms with Crippen molar-refractivity contribution in [1.29, 1.82) is 0 Å². The van der Waals surface area contributed by atoms with Crippen LogP contribution >= 0.6 is 12.4 Å². The maximum atomic E-state index is 13.4. The van der Waals surface area contributed by atoms with Crippen molar-refractivity contribution in [3.8, 4) is 0 Å². The van der Waals surface area contributed by atoms with E-state index in [4.69, 9.17) is 4.74 Å². The summed E-state index contributed by atoms with van der Waals surface area (Å²) >= 11 is 0. The van der Waals surface area contributed by atoms with Crippen molar-refractivity contribution in [1.82, 2.24) is 10.0 Å². The molecule has 0 heterocycles. The minimum Gasteiger partial charge on any atom is -0.383 e. The molecule has 22 heavy (non-hydrogen) atoms. The van der Waals surface area contributed by atoms with Gasteiger partial charge in [0, 0.05) is 32.8 Å². The molecule has 0 saturated heterocycles. The van der Waals surface area contributed by atoms with Crippen molar-refractivity contribution in [2.45, 2.75) is 4.90 Å². The van der Waals surface area contributed by atoms with Gasteiger partial charge in [-0.05, 0) is 0 Å². The van der Waals surface area contributed by atoms with E-state index < -0.39 is 38.2 Å². The van der Waals surface area contributed by atoms with Crippen LogP contribution in [0.2, 0.25) is 0 Å². The van der Waals surface area contributed by atoms with Crippen molar-refractivity contribution in [3.63, 3.8) is 0 Å². The minimum absolute atomic E-state index is 0. The van der Waals surface area contributed by atoms with Gasteiger partial charge >= 0.3 is 0 Å². The first-order valence-corrected chi connectivity index (χ1v) is 7.32. The van der Waals surface area contributed by atoms with E-state index in [0.29, 0.717) is 13.2 Å². The van der Waals surface area contributed by atoms with E-state index in [-0.39, 0.29) is 31.6 Å². The maximum absolute atomic E-state index is 13.4. The van der Waals surface area contributed by atoms with Gasteiger partial charge in [-0.3, -0.25) is 0 Å². The second-order valence-corrected chi connectivity index (χ2v) is 5.64. The fraction of sp³-hybridized carbons (Fsp3) is 0.455. The monoisotopic (exact) mass is 366 g/mol. The number of hydrogen-bond donors (Lipinski definition) is 2. The molecule has 1 rings (SSSR count). The second kappa shape index (κ2) is 9.26. The van der Waals surface area contributed by atoms with Crippen LogP contribution in [0.5, 0.6) is 0 Å². The van der Waals surface area contributed by atoms with E-state index in [0.717, 1.165) is 0 Å². The first kappa shape index (κ1) is 21.1. The van der Waals surface area contributed by atoms with Gasteiger partial charge < -0.3 is 10.1 Å². The van der Waals surface area contributed by atoms with E-state index in [1.807, 2.05) is 4.72 Å². The number of methoxy groups -OCH3 is 1. The van der Waals surface area contributed by atoms with Crippen molar-refractivity contribution in [2.24, 2.45) is 0 Å². The summed E-state index contributed by atoms with van der Waals surface area (Å²) in [6.45, 7) is 0.757. The Bertz CT molecular complexity index is 575. The van der Waals surface area contributed by atoms with Crippen molar-refractivity contribution < 1.29 is 30.7 Å². The molecular formula is C11H15ClF4N2O3S. The van der Waals surface area contributed by atoms with Crippen LogP contribution in [0.1, 0.15) is 0 Å². The van der Waals surface area contributed by atoms with Crippen LogP contribution in [-0.2, 0) is 14.8 Å². The number of halogens is 5. The zero-order valence-electron chi connectivity index (χ0n) is 11.5. The molecule has 0 aliphatic rings. The first-order valence-electron chi connectivity index (χ1n) is 5.83. The predicted octanol–water partition coefficient (Wildman–Crippen LogP) is 1.18. The molecule has 2 N–H and O–H groups in total. The molecule has 0 aliphatic carbocycles. The van der Waals surface area contributed by atoms with Crippen LogP contribution in [0.15, 0.2) is 11.0 Å². The summed E-state index contributed by atoms with van der Waals surface area (Å²) in [7, 11) is -3.23. The lowest BCUT2D eigenvalue weighted by Gasteiger charge is -2.10. The normalized spacial score (nSPS) is 11.3. The SMILES string of the molecule is COCCNCCNS(=O)(=O)c1c(F)c(F)cc(F)c1F.Cl.